The number of rotatable bonds is 5. The minimum atomic E-state index is -0.246. The molecule has 0 heterocycles. The molecule has 0 aliphatic rings. The largest absolute Gasteiger partial charge is 0.367 e. The van der Waals surface area contributed by atoms with E-state index in [1.807, 2.05) is 30.3 Å². The van der Waals surface area contributed by atoms with Crippen molar-refractivity contribution in [2.45, 2.75) is 6.10 Å². The van der Waals surface area contributed by atoms with Crippen LogP contribution in [0.3, 0.4) is 0 Å². The van der Waals surface area contributed by atoms with Crippen molar-refractivity contribution in [2.24, 2.45) is 5.73 Å². The van der Waals surface area contributed by atoms with Crippen molar-refractivity contribution in [3.8, 4) is 0 Å². The smallest absolute Gasteiger partial charge is 0.123 e. The topological polar surface area (TPSA) is 35.2 Å². The Balaban J connectivity index is 2.27. The Hall–Kier alpha value is -1.71. The van der Waals surface area contributed by atoms with Crippen molar-refractivity contribution in [2.75, 3.05) is 13.2 Å². The van der Waals surface area contributed by atoms with E-state index in [-0.39, 0.29) is 11.9 Å². The van der Waals surface area contributed by atoms with Crippen LogP contribution in [0.4, 0.5) is 4.39 Å². The molecular formula is C15H16FNO. The Morgan fingerprint density at radius 2 is 1.56 bits per heavy atom. The molecule has 1 atom stereocenters. The van der Waals surface area contributed by atoms with E-state index in [0.29, 0.717) is 13.2 Å². The van der Waals surface area contributed by atoms with Crippen LogP contribution in [0.15, 0.2) is 54.6 Å². The van der Waals surface area contributed by atoms with Crippen LogP contribution in [0, 0.1) is 5.82 Å². The van der Waals surface area contributed by atoms with E-state index in [4.69, 9.17) is 10.5 Å². The number of benzene rings is 2. The van der Waals surface area contributed by atoms with Crippen molar-refractivity contribution in [1.29, 1.82) is 0 Å². The van der Waals surface area contributed by atoms with E-state index < -0.39 is 0 Å². The molecule has 0 saturated carbocycles. The number of hydrogen-bond acceptors (Lipinski definition) is 2. The molecule has 0 amide bonds. The van der Waals surface area contributed by atoms with Gasteiger partial charge in [-0.2, -0.15) is 0 Å². The summed E-state index contributed by atoms with van der Waals surface area (Å²) in [5.74, 6) is -0.246. The van der Waals surface area contributed by atoms with Gasteiger partial charge >= 0.3 is 0 Å². The summed E-state index contributed by atoms with van der Waals surface area (Å²) >= 11 is 0. The minimum absolute atomic E-state index is 0.199. The molecule has 94 valence electrons. The molecular weight excluding hydrogens is 229 g/mol. The first-order valence-electron chi connectivity index (χ1n) is 5.93. The Labute approximate surface area is 106 Å². The van der Waals surface area contributed by atoms with Gasteiger partial charge in [0, 0.05) is 6.54 Å². The zero-order valence-corrected chi connectivity index (χ0v) is 10.1. The molecule has 0 radical (unpaired) electrons. The first-order chi connectivity index (χ1) is 8.81. The molecule has 2 aromatic carbocycles. The summed E-state index contributed by atoms with van der Waals surface area (Å²) in [5.41, 5.74) is 7.44. The van der Waals surface area contributed by atoms with E-state index in [1.165, 1.54) is 12.1 Å². The maximum Gasteiger partial charge on any atom is 0.123 e. The Morgan fingerprint density at radius 3 is 2.17 bits per heavy atom. The lowest BCUT2D eigenvalue weighted by atomic mass is 10.0. The molecule has 0 fully saturated rings. The third kappa shape index (κ3) is 3.15. The van der Waals surface area contributed by atoms with E-state index in [1.54, 1.807) is 12.1 Å². The summed E-state index contributed by atoms with van der Waals surface area (Å²) in [6, 6.07) is 16.2. The Kier molecular flexibility index (Phi) is 4.45. The average molecular weight is 245 g/mol. The van der Waals surface area contributed by atoms with Gasteiger partial charge in [0.15, 0.2) is 0 Å². The van der Waals surface area contributed by atoms with Gasteiger partial charge in [0.05, 0.1) is 6.61 Å². The molecule has 0 aromatic heterocycles. The van der Waals surface area contributed by atoms with Crippen molar-refractivity contribution in [1.82, 2.24) is 0 Å². The van der Waals surface area contributed by atoms with Gasteiger partial charge in [-0.05, 0) is 23.3 Å². The minimum Gasteiger partial charge on any atom is -0.367 e. The molecule has 2 nitrogen and oxygen atoms in total. The molecule has 18 heavy (non-hydrogen) atoms. The van der Waals surface area contributed by atoms with Crippen LogP contribution in [0.25, 0.3) is 0 Å². The molecule has 0 aliphatic carbocycles. The van der Waals surface area contributed by atoms with Crippen LogP contribution in [0.5, 0.6) is 0 Å². The fraction of sp³-hybridized carbons (Fsp3) is 0.200. The standard InChI is InChI=1S/C15H16FNO/c16-14-8-6-13(7-9-14)15(18-11-10-17)12-4-2-1-3-5-12/h1-9,15H,10-11,17H2. The highest BCUT2D eigenvalue weighted by Gasteiger charge is 2.14. The van der Waals surface area contributed by atoms with Gasteiger partial charge in [-0.1, -0.05) is 42.5 Å². The molecule has 2 aromatic rings. The van der Waals surface area contributed by atoms with Crippen LogP contribution in [0.1, 0.15) is 17.2 Å². The summed E-state index contributed by atoms with van der Waals surface area (Å²) in [6.45, 7) is 0.932. The van der Waals surface area contributed by atoms with Gasteiger partial charge in [0.2, 0.25) is 0 Å². The zero-order chi connectivity index (χ0) is 12.8. The number of nitrogens with two attached hydrogens (primary N) is 1. The van der Waals surface area contributed by atoms with Crippen LogP contribution < -0.4 is 5.73 Å². The van der Waals surface area contributed by atoms with Gasteiger partial charge in [-0.3, -0.25) is 0 Å². The van der Waals surface area contributed by atoms with Gasteiger partial charge < -0.3 is 10.5 Å². The maximum atomic E-state index is 12.9. The van der Waals surface area contributed by atoms with Crippen molar-refractivity contribution in [3.05, 3.63) is 71.5 Å². The fourth-order valence-corrected chi connectivity index (χ4v) is 1.84. The Bertz CT molecular complexity index is 470. The van der Waals surface area contributed by atoms with Gasteiger partial charge in [-0.15, -0.1) is 0 Å². The average Bonchev–Trinajstić information content (AvgIpc) is 2.42. The van der Waals surface area contributed by atoms with E-state index >= 15 is 0 Å². The predicted molar refractivity (Wildman–Crippen MR) is 69.7 cm³/mol. The maximum absolute atomic E-state index is 12.9. The van der Waals surface area contributed by atoms with Gasteiger partial charge in [0.25, 0.3) is 0 Å². The van der Waals surface area contributed by atoms with Gasteiger partial charge in [-0.25, -0.2) is 4.39 Å². The molecule has 0 bridgehead atoms. The lowest BCUT2D eigenvalue weighted by Gasteiger charge is -2.18. The molecule has 3 heteroatoms. The second-order valence-electron chi connectivity index (χ2n) is 4.00. The molecule has 0 saturated heterocycles. The van der Waals surface area contributed by atoms with Crippen LogP contribution in [0.2, 0.25) is 0 Å². The highest BCUT2D eigenvalue weighted by Crippen LogP contribution is 2.25. The summed E-state index contributed by atoms with van der Waals surface area (Å²) in [7, 11) is 0. The van der Waals surface area contributed by atoms with Gasteiger partial charge in [0.1, 0.15) is 11.9 Å². The molecule has 0 aliphatic heterocycles. The first kappa shape index (κ1) is 12.7. The monoisotopic (exact) mass is 245 g/mol. The van der Waals surface area contributed by atoms with Crippen LogP contribution >= 0.6 is 0 Å². The lowest BCUT2D eigenvalue weighted by molar-refractivity contribution is 0.0864. The highest BCUT2D eigenvalue weighted by molar-refractivity contribution is 5.30. The normalized spacial score (nSPS) is 12.3. The van der Waals surface area contributed by atoms with E-state index in [9.17, 15) is 4.39 Å². The summed E-state index contributed by atoms with van der Waals surface area (Å²) in [5, 5.41) is 0. The summed E-state index contributed by atoms with van der Waals surface area (Å²) in [6.07, 6.45) is -0.199. The van der Waals surface area contributed by atoms with Crippen LogP contribution in [-0.4, -0.2) is 13.2 Å². The molecule has 2 rings (SSSR count). The number of ether oxygens (including phenoxy) is 1. The van der Waals surface area contributed by atoms with Crippen molar-refractivity contribution >= 4 is 0 Å². The third-order valence-electron chi connectivity index (χ3n) is 2.68. The SMILES string of the molecule is NCCOC(c1ccccc1)c1ccc(F)cc1. The Morgan fingerprint density at radius 1 is 0.944 bits per heavy atom. The molecule has 2 N–H and O–H groups in total. The quantitative estimate of drug-likeness (QED) is 0.879. The highest BCUT2D eigenvalue weighted by atomic mass is 19.1. The van der Waals surface area contributed by atoms with E-state index in [2.05, 4.69) is 0 Å². The fourth-order valence-electron chi connectivity index (χ4n) is 1.84. The van der Waals surface area contributed by atoms with Crippen molar-refractivity contribution in [3.63, 3.8) is 0 Å². The summed E-state index contributed by atoms with van der Waals surface area (Å²) < 4.78 is 18.7. The summed E-state index contributed by atoms with van der Waals surface area (Å²) in [4.78, 5) is 0. The first-order valence-corrected chi connectivity index (χ1v) is 5.93. The van der Waals surface area contributed by atoms with Crippen molar-refractivity contribution < 1.29 is 9.13 Å². The molecule has 1 unspecified atom stereocenters. The second-order valence-corrected chi connectivity index (χ2v) is 4.00. The number of halogens is 1. The van der Waals surface area contributed by atoms with E-state index in [0.717, 1.165) is 11.1 Å². The van der Waals surface area contributed by atoms with Crippen LogP contribution in [-0.2, 0) is 4.74 Å². The number of hydrogen-bond donors (Lipinski definition) is 1. The second kappa shape index (κ2) is 6.28. The zero-order valence-electron chi connectivity index (χ0n) is 10.1. The third-order valence-corrected chi connectivity index (χ3v) is 2.68. The molecule has 0 spiro atoms. The predicted octanol–water partition coefficient (Wildman–Crippen LogP) is 2.89. The lowest BCUT2D eigenvalue weighted by Crippen LogP contribution is -2.13.